The smallest absolute Gasteiger partial charge is 0.328 e. The van der Waals surface area contributed by atoms with Gasteiger partial charge in [-0.3, -0.25) is 4.79 Å². The van der Waals surface area contributed by atoms with Crippen molar-refractivity contribution >= 4 is 23.2 Å². The Kier molecular flexibility index (Phi) is 5.03. The fourth-order valence-corrected chi connectivity index (χ4v) is 3.72. The summed E-state index contributed by atoms with van der Waals surface area (Å²) in [5, 5.41) is 1.88. The van der Waals surface area contributed by atoms with Gasteiger partial charge in [0, 0.05) is 6.42 Å². The average Bonchev–Trinajstić information content (AvgIpc) is 3.22. The molecule has 0 N–H and O–H groups in total. The van der Waals surface area contributed by atoms with Gasteiger partial charge in [0.1, 0.15) is 12.1 Å². The Morgan fingerprint density at radius 2 is 2.08 bits per heavy atom. The van der Waals surface area contributed by atoms with Crippen LogP contribution < -0.4 is 4.74 Å². The first-order chi connectivity index (χ1) is 12.0. The van der Waals surface area contributed by atoms with Crippen LogP contribution in [0.1, 0.15) is 21.7 Å². The molecule has 2 heterocycles. The van der Waals surface area contributed by atoms with Crippen LogP contribution in [0.4, 0.5) is 4.39 Å². The summed E-state index contributed by atoms with van der Waals surface area (Å²) in [5.41, 5.74) is 0.987. The Hall–Kier alpha value is -2.41. The summed E-state index contributed by atoms with van der Waals surface area (Å²) in [6.07, 6.45) is -0.220. The van der Waals surface area contributed by atoms with Crippen molar-refractivity contribution in [3.05, 3.63) is 52.0 Å². The van der Waals surface area contributed by atoms with Crippen LogP contribution in [0.2, 0.25) is 0 Å². The lowest BCUT2D eigenvalue weighted by Gasteiger charge is -2.21. The number of methoxy groups -OCH3 is 1. The number of carbonyl (C=O) groups is 2. The van der Waals surface area contributed by atoms with Crippen LogP contribution in [0.3, 0.4) is 0 Å². The van der Waals surface area contributed by atoms with Crippen LogP contribution in [0.15, 0.2) is 35.7 Å². The molecule has 1 aromatic carbocycles. The monoisotopic (exact) mass is 363 g/mol. The minimum absolute atomic E-state index is 0.109. The quantitative estimate of drug-likeness (QED) is 0.784. The third-order valence-electron chi connectivity index (χ3n) is 4.07. The van der Waals surface area contributed by atoms with E-state index >= 15 is 0 Å². The van der Waals surface area contributed by atoms with Crippen molar-refractivity contribution in [3.63, 3.8) is 0 Å². The zero-order valence-corrected chi connectivity index (χ0v) is 14.7. The first-order valence-corrected chi connectivity index (χ1v) is 8.72. The molecule has 5 nitrogen and oxygen atoms in total. The number of aryl methyl sites for hydroxylation is 1. The molecule has 3 rings (SSSR count). The molecular weight excluding hydrogens is 345 g/mol. The summed E-state index contributed by atoms with van der Waals surface area (Å²) in [6, 6.07) is 7.11. The molecule has 2 unspecified atom stereocenters. The van der Waals surface area contributed by atoms with Gasteiger partial charge in [-0.1, -0.05) is 12.1 Å². The van der Waals surface area contributed by atoms with E-state index in [1.54, 1.807) is 18.2 Å². The van der Waals surface area contributed by atoms with Crippen molar-refractivity contribution in [1.82, 2.24) is 4.90 Å². The van der Waals surface area contributed by atoms with Crippen molar-refractivity contribution in [3.8, 4) is 5.75 Å². The van der Waals surface area contributed by atoms with Crippen molar-refractivity contribution in [2.45, 2.75) is 25.5 Å². The Labute approximate surface area is 149 Å². The molecule has 1 aliphatic rings. The molecule has 2 aromatic rings. The topological polar surface area (TPSA) is 55.8 Å². The van der Waals surface area contributed by atoms with E-state index < -0.39 is 23.9 Å². The van der Waals surface area contributed by atoms with Crippen molar-refractivity contribution in [2.75, 3.05) is 13.7 Å². The van der Waals surface area contributed by atoms with Crippen LogP contribution in [0.5, 0.6) is 5.75 Å². The molecular formula is C18H18FNO4S. The standard InChI is InChI=1S/C18H18FNO4S/c1-11-7-16(25-10-11)17(21)20-9-12(8-14(20)18(22)23-2)24-15-6-4-3-5-13(15)19/h3-7,10,12,14H,8-9H2,1-2H3. The molecule has 2 atom stereocenters. The number of hydrogen-bond acceptors (Lipinski definition) is 5. The molecule has 1 aromatic heterocycles. The molecule has 1 aliphatic heterocycles. The number of thiophene rings is 1. The fourth-order valence-electron chi connectivity index (χ4n) is 2.87. The predicted molar refractivity (Wildman–Crippen MR) is 91.3 cm³/mol. The lowest BCUT2D eigenvalue weighted by atomic mass is 10.2. The van der Waals surface area contributed by atoms with Gasteiger partial charge in [0.2, 0.25) is 0 Å². The van der Waals surface area contributed by atoms with E-state index in [-0.39, 0.29) is 24.6 Å². The highest BCUT2D eigenvalue weighted by molar-refractivity contribution is 7.12. The number of halogens is 1. The number of likely N-dealkylation sites (tertiary alicyclic amines) is 1. The van der Waals surface area contributed by atoms with E-state index in [1.165, 1.54) is 35.5 Å². The Morgan fingerprint density at radius 3 is 2.72 bits per heavy atom. The van der Waals surface area contributed by atoms with E-state index in [0.717, 1.165) is 5.56 Å². The minimum Gasteiger partial charge on any atom is -0.485 e. The normalized spacial score (nSPS) is 19.7. The SMILES string of the molecule is COC(=O)C1CC(Oc2ccccc2F)CN1C(=O)c1cc(C)cs1. The molecule has 0 radical (unpaired) electrons. The van der Waals surface area contributed by atoms with E-state index in [0.29, 0.717) is 4.88 Å². The fraction of sp³-hybridized carbons (Fsp3) is 0.333. The number of carbonyl (C=O) groups excluding carboxylic acids is 2. The highest BCUT2D eigenvalue weighted by Crippen LogP contribution is 2.28. The average molecular weight is 363 g/mol. The van der Waals surface area contributed by atoms with Crippen LogP contribution in [0.25, 0.3) is 0 Å². The molecule has 1 fully saturated rings. The number of para-hydroxylation sites is 1. The van der Waals surface area contributed by atoms with E-state index in [9.17, 15) is 14.0 Å². The summed E-state index contributed by atoms with van der Waals surface area (Å²) in [6.45, 7) is 2.10. The lowest BCUT2D eigenvalue weighted by Crippen LogP contribution is -2.41. The number of benzene rings is 1. The van der Waals surface area contributed by atoms with Gasteiger partial charge < -0.3 is 14.4 Å². The largest absolute Gasteiger partial charge is 0.485 e. The number of rotatable bonds is 4. The molecule has 1 amide bonds. The minimum atomic E-state index is -0.739. The molecule has 25 heavy (non-hydrogen) atoms. The second kappa shape index (κ2) is 7.23. The molecule has 132 valence electrons. The number of hydrogen-bond donors (Lipinski definition) is 0. The van der Waals surface area contributed by atoms with Crippen LogP contribution >= 0.6 is 11.3 Å². The number of esters is 1. The molecule has 7 heteroatoms. The maximum absolute atomic E-state index is 13.8. The van der Waals surface area contributed by atoms with E-state index in [4.69, 9.17) is 9.47 Å². The maximum Gasteiger partial charge on any atom is 0.328 e. The Morgan fingerprint density at radius 1 is 1.32 bits per heavy atom. The lowest BCUT2D eigenvalue weighted by molar-refractivity contribution is -0.145. The highest BCUT2D eigenvalue weighted by atomic mass is 32.1. The van der Waals surface area contributed by atoms with Crippen molar-refractivity contribution < 1.29 is 23.5 Å². The van der Waals surface area contributed by atoms with E-state index in [2.05, 4.69) is 0 Å². The number of nitrogens with zero attached hydrogens (tertiary/aromatic N) is 1. The van der Waals surface area contributed by atoms with Crippen LogP contribution in [-0.4, -0.2) is 42.6 Å². The molecule has 0 bridgehead atoms. The molecule has 0 aliphatic carbocycles. The van der Waals surface area contributed by atoms with Gasteiger partial charge in [0.05, 0.1) is 18.5 Å². The first kappa shape index (κ1) is 17.4. The van der Waals surface area contributed by atoms with Crippen molar-refractivity contribution in [2.24, 2.45) is 0 Å². The van der Waals surface area contributed by atoms with Gasteiger partial charge in [-0.05, 0) is 36.1 Å². The third kappa shape index (κ3) is 3.66. The third-order valence-corrected chi connectivity index (χ3v) is 5.10. The molecule has 1 saturated heterocycles. The van der Waals surface area contributed by atoms with Crippen LogP contribution in [0, 0.1) is 12.7 Å². The summed E-state index contributed by atoms with van der Waals surface area (Å²) < 4.78 is 24.3. The summed E-state index contributed by atoms with van der Waals surface area (Å²) >= 11 is 1.33. The molecule has 0 saturated carbocycles. The second-order valence-electron chi connectivity index (χ2n) is 5.89. The van der Waals surface area contributed by atoms with Gasteiger partial charge in [0.15, 0.2) is 11.6 Å². The van der Waals surface area contributed by atoms with Crippen LogP contribution in [-0.2, 0) is 9.53 Å². The number of amides is 1. The van der Waals surface area contributed by atoms with Crippen molar-refractivity contribution in [1.29, 1.82) is 0 Å². The summed E-state index contributed by atoms with van der Waals surface area (Å²) in [4.78, 5) is 26.8. The second-order valence-corrected chi connectivity index (χ2v) is 6.80. The van der Waals surface area contributed by atoms with Gasteiger partial charge >= 0.3 is 5.97 Å². The van der Waals surface area contributed by atoms with Gasteiger partial charge in [-0.15, -0.1) is 11.3 Å². The van der Waals surface area contributed by atoms with E-state index in [1.807, 2.05) is 12.3 Å². The Bertz CT molecular complexity index is 791. The Balaban J connectivity index is 1.80. The zero-order valence-electron chi connectivity index (χ0n) is 13.9. The predicted octanol–water partition coefficient (Wildman–Crippen LogP) is 3.03. The van der Waals surface area contributed by atoms with Gasteiger partial charge in [-0.25, -0.2) is 9.18 Å². The first-order valence-electron chi connectivity index (χ1n) is 7.84. The van der Waals surface area contributed by atoms with Gasteiger partial charge in [-0.2, -0.15) is 0 Å². The summed E-state index contributed by atoms with van der Waals surface area (Å²) in [5.74, 6) is -1.11. The van der Waals surface area contributed by atoms with Gasteiger partial charge in [0.25, 0.3) is 5.91 Å². The highest BCUT2D eigenvalue weighted by Gasteiger charge is 2.42. The molecule has 0 spiro atoms. The number of ether oxygens (including phenoxy) is 2. The maximum atomic E-state index is 13.8. The summed E-state index contributed by atoms with van der Waals surface area (Å²) in [7, 11) is 1.28. The zero-order chi connectivity index (χ0) is 18.0.